The van der Waals surface area contributed by atoms with Gasteiger partial charge in [-0.1, -0.05) is 41.6 Å². The molecule has 1 N–H and O–H groups in total. The van der Waals surface area contributed by atoms with Crippen LogP contribution >= 0.6 is 11.8 Å². The molecule has 9 heteroatoms. The minimum Gasteiger partial charge on any atom is -0.411 e. The van der Waals surface area contributed by atoms with E-state index in [0.29, 0.717) is 5.89 Å². The van der Waals surface area contributed by atoms with Crippen LogP contribution < -0.4 is 5.32 Å². The summed E-state index contributed by atoms with van der Waals surface area (Å²) in [4.78, 5) is 12.3. The number of carbonyl (C=O) groups is 1. The van der Waals surface area contributed by atoms with Crippen molar-refractivity contribution in [2.24, 2.45) is 0 Å². The van der Waals surface area contributed by atoms with E-state index in [9.17, 15) is 18.0 Å². The number of aryl methyl sites for hydroxylation is 1. The predicted octanol–water partition coefficient (Wildman–Crippen LogP) is 5.18. The van der Waals surface area contributed by atoms with Gasteiger partial charge in [0.15, 0.2) is 0 Å². The molecule has 1 amide bonds. The van der Waals surface area contributed by atoms with Gasteiger partial charge in [0.25, 0.3) is 5.22 Å². The molecule has 3 aromatic rings. The van der Waals surface area contributed by atoms with Crippen LogP contribution in [0.5, 0.6) is 0 Å². The monoisotopic (exact) mass is 407 g/mol. The van der Waals surface area contributed by atoms with Crippen LogP contribution in [-0.2, 0) is 11.0 Å². The van der Waals surface area contributed by atoms with E-state index >= 15 is 0 Å². The molecule has 0 fully saturated rings. The highest BCUT2D eigenvalue weighted by atomic mass is 32.2. The van der Waals surface area contributed by atoms with Gasteiger partial charge >= 0.3 is 6.18 Å². The average Bonchev–Trinajstić information content (AvgIpc) is 3.10. The molecule has 0 aliphatic carbocycles. The van der Waals surface area contributed by atoms with E-state index in [1.54, 1.807) is 6.92 Å². The summed E-state index contributed by atoms with van der Waals surface area (Å²) < 4.78 is 44.7. The van der Waals surface area contributed by atoms with Gasteiger partial charge in [-0.25, -0.2) is 0 Å². The van der Waals surface area contributed by atoms with Crippen LogP contribution in [0.1, 0.15) is 18.1 Å². The molecule has 1 atom stereocenters. The Kier molecular flexibility index (Phi) is 5.73. The number of benzene rings is 2. The van der Waals surface area contributed by atoms with Gasteiger partial charge in [-0.3, -0.25) is 4.79 Å². The largest absolute Gasteiger partial charge is 0.418 e. The second-order valence-corrected chi connectivity index (χ2v) is 7.33. The van der Waals surface area contributed by atoms with Gasteiger partial charge in [0.05, 0.1) is 16.5 Å². The fourth-order valence-electron chi connectivity index (χ4n) is 2.43. The molecule has 3 rings (SSSR count). The maximum atomic E-state index is 13.0. The number of carbonyl (C=O) groups excluding carboxylic acids is 1. The van der Waals surface area contributed by atoms with Crippen LogP contribution in [-0.4, -0.2) is 21.4 Å². The summed E-state index contributed by atoms with van der Waals surface area (Å²) in [6, 6.07) is 12.3. The molecule has 5 nitrogen and oxygen atoms in total. The molecule has 1 aromatic heterocycles. The van der Waals surface area contributed by atoms with E-state index in [1.165, 1.54) is 18.2 Å². The topological polar surface area (TPSA) is 68.0 Å². The highest BCUT2D eigenvalue weighted by Crippen LogP contribution is 2.35. The molecule has 0 bridgehead atoms. The number of nitrogens with zero attached hydrogens (tertiary/aromatic N) is 2. The Morgan fingerprint density at radius 1 is 1.14 bits per heavy atom. The number of hydrogen-bond donors (Lipinski definition) is 1. The van der Waals surface area contributed by atoms with Crippen molar-refractivity contribution in [3.05, 3.63) is 59.7 Å². The summed E-state index contributed by atoms with van der Waals surface area (Å²) in [5.74, 6) is -0.293. The summed E-state index contributed by atoms with van der Waals surface area (Å²) in [6.07, 6.45) is -4.56. The molecule has 0 spiro atoms. The Morgan fingerprint density at radius 3 is 2.61 bits per heavy atom. The van der Waals surface area contributed by atoms with Crippen molar-refractivity contribution in [1.82, 2.24) is 10.2 Å². The normalized spacial score (nSPS) is 12.6. The first kappa shape index (κ1) is 19.9. The van der Waals surface area contributed by atoms with Gasteiger partial charge in [0.2, 0.25) is 11.8 Å². The first-order valence-electron chi connectivity index (χ1n) is 8.28. The molecule has 0 saturated heterocycles. The van der Waals surface area contributed by atoms with E-state index in [1.807, 2.05) is 31.2 Å². The predicted molar refractivity (Wildman–Crippen MR) is 99.9 cm³/mol. The van der Waals surface area contributed by atoms with E-state index in [0.717, 1.165) is 29.0 Å². The molecule has 0 aliphatic heterocycles. The Bertz CT molecular complexity index is 988. The second-order valence-electron chi connectivity index (χ2n) is 6.04. The number of aromatic nitrogens is 2. The van der Waals surface area contributed by atoms with Gasteiger partial charge in [0, 0.05) is 5.56 Å². The number of hydrogen-bond acceptors (Lipinski definition) is 5. The molecule has 0 aliphatic rings. The third-order valence-corrected chi connectivity index (χ3v) is 4.74. The number of anilines is 1. The van der Waals surface area contributed by atoms with E-state index < -0.39 is 22.9 Å². The Balaban J connectivity index is 1.69. The fraction of sp³-hybridized carbons (Fsp3) is 0.211. The van der Waals surface area contributed by atoms with Crippen LogP contribution in [0, 0.1) is 6.92 Å². The van der Waals surface area contributed by atoms with Gasteiger partial charge in [-0.15, -0.1) is 10.2 Å². The summed E-state index contributed by atoms with van der Waals surface area (Å²) in [5, 5.41) is 9.57. The number of halogens is 3. The van der Waals surface area contributed by atoms with Crippen LogP contribution in [0.15, 0.2) is 58.2 Å². The van der Waals surface area contributed by atoms with Gasteiger partial charge in [0.1, 0.15) is 0 Å². The van der Waals surface area contributed by atoms with Crippen LogP contribution in [0.4, 0.5) is 18.9 Å². The molecule has 146 valence electrons. The minimum atomic E-state index is -4.56. The Labute approximate surface area is 163 Å². The number of alkyl halides is 3. The number of rotatable bonds is 5. The van der Waals surface area contributed by atoms with Crippen molar-refractivity contribution in [3.63, 3.8) is 0 Å². The smallest absolute Gasteiger partial charge is 0.411 e. The molecular weight excluding hydrogens is 391 g/mol. The van der Waals surface area contributed by atoms with Crippen molar-refractivity contribution >= 4 is 23.4 Å². The molecule has 0 unspecified atom stereocenters. The summed E-state index contributed by atoms with van der Waals surface area (Å²) in [5.41, 5.74) is 0.579. The zero-order chi connectivity index (χ0) is 20.3. The molecule has 28 heavy (non-hydrogen) atoms. The first-order valence-corrected chi connectivity index (χ1v) is 9.16. The van der Waals surface area contributed by atoms with Crippen LogP contribution in [0.2, 0.25) is 0 Å². The number of thioether (sulfide) groups is 1. The highest BCUT2D eigenvalue weighted by molar-refractivity contribution is 8.00. The third-order valence-electron chi connectivity index (χ3n) is 3.81. The van der Waals surface area contributed by atoms with Gasteiger partial charge in [-0.2, -0.15) is 13.2 Å². The summed E-state index contributed by atoms with van der Waals surface area (Å²) in [6.45, 7) is 3.48. The van der Waals surface area contributed by atoms with Crippen LogP contribution in [0.3, 0.4) is 0 Å². The van der Waals surface area contributed by atoms with Crippen molar-refractivity contribution in [2.75, 3.05) is 5.32 Å². The quantitative estimate of drug-likeness (QED) is 0.590. The zero-order valence-corrected chi connectivity index (χ0v) is 15.8. The molecule has 2 aromatic carbocycles. The zero-order valence-electron chi connectivity index (χ0n) is 14.9. The van der Waals surface area contributed by atoms with Crippen molar-refractivity contribution in [3.8, 4) is 11.5 Å². The third kappa shape index (κ3) is 4.72. The van der Waals surface area contributed by atoms with Crippen molar-refractivity contribution < 1.29 is 22.4 Å². The van der Waals surface area contributed by atoms with Crippen molar-refractivity contribution in [1.29, 1.82) is 0 Å². The molecule has 0 radical (unpaired) electrons. The number of para-hydroxylation sites is 1. The lowest BCUT2D eigenvalue weighted by atomic mass is 10.1. The first-order chi connectivity index (χ1) is 13.2. The second kappa shape index (κ2) is 8.05. The lowest BCUT2D eigenvalue weighted by molar-refractivity contribution is -0.137. The number of nitrogens with one attached hydrogen (secondary N) is 1. The lowest BCUT2D eigenvalue weighted by Crippen LogP contribution is -2.24. The van der Waals surface area contributed by atoms with E-state index in [-0.39, 0.29) is 10.9 Å². The van der Waals surface area contributed by atoms with Gasteiger partial charge < -0.3 is 9.73 Å². The van der Waals surface area contributed by atoms with Crippen LogP contribution in [0.25, 0.3) is 11.5 Å². The maximum absolute atomic E-state index is 13.0. The summed E-state index contributed by atoms with van der Waals surface area (Å²) in [7, 11) is 0. The molecule has 0 saturated carbocycles. The lowest BCUT2D eigenvalue weighted by Gasteiger charge is -2.15. The van der Waals surface area contributed by atoms with E-state index in [2.05, 4.69) is 15.5 Å². The Morgan fingerprint density at radius 2 is 1.89 bits per heavy atom. The van der Waals surface area contributed by atoms with E-state index in [4.69, 9.17) is 4.42 Å². The molecular formula is C19H16F3N3O2S. The summed E-state index contributed by atoms with van der Waals surface area (Å²) >= 11 is 0.970. The average molecular weight is 407 g/mol. The SMILES string of the molecule is Cc1cccc(-c2nnc(S[C@H](C)C(=O)Nc3ccccc3C(F)(F)F)o2)c1. The standard InChI is InChI=1S/C19H16F3N3O2S/c1-11-6-5-7-13(10-11)17-24-25-18(27-17)28-12(2)16(26)23-15-9-4-3-8-14(15)19(20,21)22/h3-10,12H,1-2H3,(H,23,26)/t12-/m1/s1. The number of amides is 1. The van der Waals surface area contributed by atoms with Crippen molar-refractivity contribution in [2.45, 2.75) is 30.5 Å². The minimum absolute atomic E-state index is 0.156. The van der Waals surface area contributed by atoms with Gasteiger partial charge in [-0.05, 0) is 38.1 Å². The maximum Gasteiger partial charge on any atom is 0.418 e. The highest BCUT2D eigenvalue weighted by Gasteiger charge is 2.34. The fourth-order valence-corrected chi connectivity index (χ4v) is 3.11. The molecule has 1 heterocycles. The Hall–Kier alpha value is -2.81.